The fourth-order valence-corrected chi connectivity index (χ4v) is 4.62. The smallest absolute Gasteiger partial charge is 0.225 e. The summed E-state index contributed by atoms with van der Waals surface area (Å²) in [5.41, 5.74) is 1.27. The molecule has 174 valence electrons. The van der Waals surface area contributed by atoms with Gasteiger partial charge in [-0.1, -0.05) is 49.6 Å². The Kier molecular flexibility index (Phi) is 11.1. The van der Waals surface area contributed by atoms with Crippen LogP contribution in [0, 0.1) is 5.92 Å². The normalized spacial score (nSPS) is 21.0. The minimum atomic E-state index is 0. The zero-order valence-electron chi connectivity index (χ0n) is 19.3. The summed E-state index contributed by atoms with van der Waals surface area (Å²) in [6.07, 6.45) is 6.83. The molecule has 2 fully saturated rings. The third-order valence-electron chi connectivity index (χ3n) is 6.37. The molecule has 2 atom stereocenters. The van der Waals surface area contributed by atoms with Gasteiger partial charge in [0.05, 0.1) is 12.6 Å². The first-order valence-electron chi connectivity index (χ1n) is 11.6. The van der Waals surface area contributed by atoms with Crippen molar-refractivity contribution in [3.63, 3.8) is 0 Å². The van der Waals surface area contributed by atoms with Crippen LogP contribution < -0.4 is 10.6 Å². The molecule has 0 aromatic heterocycles. The van der Waals surface area contributed by atoms with Gasteiger partial charge in [-0.05, 0) is 45.8 Å². The van der Waals surface area contributed by atoms with Crippen molar-refractivity contribution >= 4 is 35.8 Å². The Labute approximate surface area is 205 Å². The summed E-state index contributed by atoms with van der Waals surface area (Å²) in [6.45, 7) is 5.24. The molecule has 0 radical (unpaired) electrons. The number of amides is 1. The first-order valence-corrected chi connectivity index (χ1v) is 11.6. The highest BCUT2D eigenvalue weighted by molar-refractivity contribution is 14.0. The quantitative estimate of drug-likeness (QED) is 0.315. The Bertz CT molecular complexity index is 690. The van der Waals surface area contributed by atoms with Crippen molar-refractivity contribution in [1.29, 1.82) is 0 Å². The SMILES string of the molecule is CCNC(=NCC(c1ccccc1)N(C)C)NC1CCN(C(=O)C2CCCCC2)C1.I. The van der Waals surface area contributed by atoms with Gasteiger partial charge in [0.25, 0.3) is 0 Å². The van der Waals surface area contributed by atoms with E-state index >= 15 is 0 Å². The third kappa shape index (κ3) is 7.63. The standard InChI is InChI=1S/C24H39N5O.HI/c1-4-25-24(26-17-22(28(2)3)19-11-7-5-8-12-19)27-21-15-16-29(18-21)23(30)20-13-9-6-10-14-20;/h5,7-8,11-12,20-22H,4,6,9-10,13-18H2,1-3H3,(H2,25,26,27);1H. The number of hydrogen-bond acceptors (Lipinski definition) is 3. The molecule has 1 aromatic carbocycles. The molecule has 1 saturated carbocycles. The first-order chi connectivity index (χ1) is 14.6. The number of carbonyl (C=O) groups excluding carboxylic acids is 1. The van der Waals surface area contributed by atoms with E-state index in [9.17, 15) is 4.79 Å². The summed E-state index contributed by atoms with van der Waals surface area (Å²) in [6, 6.07) is 11.0. The molecule has 1 heterocycles. The molecule has 7 heteroatoms. The van der Waals surface area contributed by atoms with Crippen LogP contribution in [0.15, 0.2) is 35.3 Å². The number of guanidine groups is 1. The number of halogens is 1. The van der Waals surface area contributed by atoms with Crippen LogP contribution in [0.1, 0.15) is 57.1 Å². The number of benzene rings is 1. The predicted octanol–water partition coefficient (Wildman–Crippen LogP) is 3.64. The summed E-state index contributed by atoms with van der Waals surface area (Å²) in [7, 11) is 4.19. The lowest BCUT2D eigenvalue weighted by molar-refractivity contribution is -0.135. The molecule has 31 heavy (non-hydrogen) atoms. The number of nitrogens with zero attached hydrogens (tertiary/aromatic N) is 3. The summed E-state index contributed by atoms with van der Waals surface area (Å²) in [4.78, 5) is 22.0. The van der Waals surface area contributed by atoms with Crippen molar-refractivity contribution in [3.8, 4) is 0 Å². The van der Waals surface area contributed by atoms with Crippen LogP contribution in [-0.4, -0.2) is 68.0 Å². The Hall–Kier alpha value is -1.35. The first kappa shape index (κ1) is 25.9. The van der Waals surface area contributed by atoms with Crippen LogP contribution >= 0.6 is 24.0 Å². The number of nitrogens with one attached hydrogen (secondary N) is 2. The number of carbonyl (C=O) groups is 1. The molecule has 0 bridgehead atoms. The molecular formula is C24H40IN5O. The highest BCUT2D eigenvalue weighted by atomic mass is 127. The average Bonchev–Trinajstić information content (AvgIpc) is 3.23. The molecular weight excluding hydrogens is 501 g/mol. The van der Waals surface area contributed by atoms with Gasteiger partial charge in [0.1, 0.15) is 0 Å². The molecule has 1 aliphatic carbocycles. The van der Waals surface area contributed by atoms with E-state index < -0.39 is 0 Å². The van der Waals surface area contributed by atoms with Crippen molar-refractivity contribution in [1.82, 2.24) is 20.4 Å². The van der Waals surface area contributed by atoms with Crippen LogP contribution in [-0.2, 0) is 4.79 Å². The lowest BCUT2D eigenvalue weighted by Gasteiger charge is -2.26. The minimum absolute atomic E-state index is 0. The zero-order valence-corrected chi connectivity index (χ0v) is 21.7. The van der Waals surface area contributed by atoms with E-state index in [-0.39, 0.29) is 42.0 Å². The van der Waals surface area contributed by atoms with E-state index in [1.54, 1.807) is 0 Å². The van der Waals surface area contributed by atoms with Gasteiger partial charge in [0, 0.05) is 31.6 Å². The topological polar surface area (TPSA) is 60.0 Å². The van der Waals surface area contributed by atoms with Crippen molar-refractivity contribution in [3.05, 3.63) is 35.9 Å². The van der Waals surface area contributed by atoms with Crippen LogP contribution in [0.4, 0.5) is 0 Å². The number of rotatable bonds is 7. The lowest BCUT2D eigenvalue weighted by atomic mass is 9.88. The van der Waals surface area contributed by atoms with E-state index in [0.717, 1.165) is 44.9 Å². The summed E-state index contributed by atoms with van der Waals surface area (Å²) >= 11 is 0. The van der Waals surface area contributed by atoms with Crippen LogP contribution in [0.25, 0.3) is 0 Å². The van der Waals surface area contributed by atoms with E-state index in [2.05, 4.69) is 65.7 Å². The molecule has 2 aliphatic rings. The van der Waals surface area contributed by atoms with E-state index in [1.165, 1.54) is 24.8 Å². The maximum Gasteiger partial charge on any atom is 0.225 e. The van der Waals surface area contributed by atoms with Crippen molar-refractivity contribution in [2.24, 2.45) is 10.9 Å². The molecule has 1 aliphatic heterocycles. The molecule has 6 nitrogen and oxygen atoms in total. The van der Waals surface area contributed by atoms with E-state index in [0.29, 0.717) is 12.5 Å². The highest BCUT2D eigenvalue weighted by Crippen LogP contribution is 2.26. The fourth-order valence-electron chi connectivity index (χ4n) is 4.62. The van der Waals surface area contributed by atoms with Crippen molar-refractivity contribution in [2.75, 3.05) is 40.3 Å². The summed E-state index contributed by atoms with van der Waals surface area (Å²) in [5.74, 6) is 1.47. The number of aliphatic imine (C=N–C) groups is 1. The van der Waals surface area contributed by atoms with Crippen LogP contribution in [0.3, 0.4) is 0 Å². The largest absolute Gasteiger partial charge is 0.357 e. The number of likely N-dealkylation sites (N-methyl/N-ethyl adjacent to an activating group) is 1. The van der Waals surface area contributed by atoms with E-state index in [1.807, 2.05) is 6.07 Å². The maximum atomic E-state index is 12.9. The average molecular weight is 542 g/mol. The Morgan fingerprint density at radius 3 is 2.52 bits per heavy atom. The molecule has 1 amide bonds. The second kappa shape index (κ2) is 13.3. The second-order valence-corrected chi connectivity index (χ2v) is 8.86. The van der Waals surface area contributed by atoms with Gasteiger partial charge in [0.2, 0.25) is 5.91 Å². The Morgan fingerprint density at radius 2 is 1.87 bits per heavy atom. The molecule has 2 unspecified atom stereocenters. The Balaban J connectivity index is 0.00000341. The van der Waals surface area contributed by atoms with Gasteiger partial charge < -0.3 is 20.4 Å². The van der Waals surface area contributed by atoms with Crippen molar-refractivity contribution < 1.29 is 4.79 Å². The van der Waals surface area contributed by atoms with Gasteiger partial charge in [-0.3, -0.25) is 9.79 Å². The van der Waals surface area contributed by atoms with Crippen LogP contribution in [0.2, 0.25) is 0 Å². The van der Waals surface area contributed by atoms with Gasteiger partial charge in [-0.15, -0.1) is 24.0 Å². The summed E-state index contributed by atoms with van der Waals surface area (Å²) < 4.78 is 0. The molecule has 2 N–H and O–H groups in total. The molecule has 1 saturated heterocycles. The van der Waals surface area contributed by atoms with E-state index in [4.69, 9.17) is 4.99 Å². The molecule has 0 spiro atoms. The maximum absolute atomic E-state index is 12.9. The monoisotopic (exact) mass is 541 g/mol. The van der Waals surface area contributed by atoms with Crippen LogP contribution in [0.5, 0.6) is 0 Å². The lowest BCUT2D eigenvalue weighted by Crippen LogP contribution is -2.46. The number of likely N-dealkylation sites (tertiary alicyclic amines) is 1. The summed E-state index contributed by atoms with van der Waals surface area (Å²) in [5, 5.41) is 6.96. The third-order valence-corrected chi connectivity index (χ3v) is 6.37. The minimum Gasteiger partial charge on any atom is -0.357 e. The zero-order chi connectivity index (χ0) is 21.3. The fraction of sp³-hybridized carbons (Fsp3) is 0.667. The molecule has 1 aromatic rings. The molecule has 3 rings (SSSR count). The van der Waals surface area contributed by atoms with Gasteiger partial charge in [-0.2, -0.15) is 0 Å². The van der Waals surface area contributed by atoms with Gasteiger partial charge >= 0.3 is 0 Å². The van der Waals surface area contributed by atoms with Crippen molar-refractivity contribution in [2.45, 2.75) is 57.5 Å². The highest BCUT2D eigenvalue weighted by Gasteiger charge is 2.31. The number of hydrogen-bond donors (Lipinski definition) is 2. The second-order valence-electron chi connectivity index (χ2n) is 8.86. The van der Waals surface area contributed by atoms with Gasteiger partial charge in [-0.25, -0.2) is 0 Å². The Morgan fingerprint density at radius 1 is 1.16 bits per heavy atom. The predicted molar refractivity (Wildman–Crippen MR) is 139 cm³/mol. The van der Waals surface area contributed by atoms with Gasteiger partial charge in [0.15, 0.2) is 5.96 Å².